The zero-order valence-electron chi connectivity index (χ0n) is 18.7. The lowest BCUT2D eigenvalue weighted by atomic mass is 10.1. The van der Waals surface area contributed by atoms with Gasteiger partial charge in [-0.2, -0.15) is 4.68 Å². The Hall–Kier alpha value is -3.79. The van der Waals surface area contributed by atoms with Gasteiger partial charge < -0.3 is 14.4 Å². The third-order valence-corrected chi connectivity index (χ3v) is 5.32. The van der Waals surface area contributed by atoms with Crippen molar-refractivity contribution in [1.29, 1.82) is 0 Å². The van der Waals surface area contributed by atoms with Crippen LogP contribution in [0, 0.1) is 0 Å². The van der Waals surface area contributed by atoms with Crippen molar-refractivity contribution in [2.24, 2.45) is 0 Å². The lowest BCUT2D eigenvalue weighted by Gasteiger charge is -2.34. The van der Waals surface area contributed by atoms with Crippen molar-refractivity contribution >= 4 is 11.9 Å². The number of piperazine rings is 1. The number of carbonyl (C=O) groups is 2. The highest BCUT2D eigenvalue weighted by Gasteiger charge is 2.25. The molecule has 0 radical (unpaired) electrons. The van der Waals surface area contributed by atoms with E-state index in [1.165, 1.54) is 6.92 Å². The first-order valence-electron chi connectivity index (χ1n) is 10.8. The summed E-state index contributed by atoms with van der Waals surface area (Å²) in [6.45, 7) is 6.90. The molecule has 0 unspecified atom stereocenters. The molecular formula is C23H26N6O4. The number of benzene rings is 2. The van der Waals surface area contributed by atoms with Crippen molar-refractivity contribution in [2.75, 3.05) is 32.8 Å². The molecule has 0 aliphatic carbocycles. The Morgan fingerprint density at radius 2 is 1.73 bits per heavy atom. The van der Waals surface area contributed by atoms with Crippen LogP contribution in [-0.2, 0) is 11.3 Å². The normalized spacial score (nSPS) is 14.2. The van der Waals surface area contributed by atoms with Gasteiger partial charge in [0, 0.05) is 33.1 Å². The quantitative estimate of drug-likeness (QED) is 0.398. The molecule has 10 nitrogen and oxygen atoms in total. The lowest BCUT2D eigenvalue weighted by Crippen LogP contribution is -2.48. The summed E-state index contributed by atoms with van der Waals surface area (Å²) in [5.41, 5.74) is 1.25. The molecule has 4 rings (SSSR count). The van der Waals surface area contributed by atoms with E-state index in [4.69, 9.17) is 9.47 Å². The maximum Gasteiger partial charge on any atom is 0.308 e. The molecule has 1 aromatic heterocycles. The van der Waals surface area contributed by atoms with E-state index in [9.17, 15) is 9.59 Å². The van der Waals surface area contributed by atoms with Crippen LogP contribution in [0.5, 0.6) is 11.5 Å². The molecule has 1 amide bonds. The molecule has 3 aromatic rings. The Morgan fingerprint density at radius 3 is 2.42 bits per heavy atom. The Kier molecular flexibility index (Phi) is 6.94. The number of hydrogen-bond donors (Lipinski definition) is 0. The molecule has 0 spiro atoms. The van der Waals surface area contributed by atoms with Crippen molar-refractivity contribution in [3.63, 3.8) is 0 Å². The predicted octanol–water partition coefficient (Wildman–Crippen LogP) is 1.94. The van der Waals surface area contributed by atoms with E-state index in [0.717, 1.165) is 17.3 Å². The molecule has 1 aliphatic rings. The summed E-state index contributed by atoms with van der Waals surface area (Å²) in [5, 5.41) is 12.2. The standard InChI is InChI=1S/C23H26N6O4/c1-3-32-19-10-8-18(9-11-19)29-22(24-25-26-29)16-27-12-14-28(15-13-27)23(31)20-6-4-5-7-21(20)33-17(2)30/h4-11H,3,12-16H2,1-2H3. The van der Waals surface area contributed by atoms with Crippen LogP contribution >= 0.6 is 0 Å². The van der Waals surface area contributed by atoms with Gasteiger partial charge in [-0.15, -0.1) is 5.10 Å². The van der Waals surface area contributed by atoms with E-state index in [0.29, 0.717) is 44.9 Å². The average molecular weight is 450 g/mol. The molecule has 1 aliphatic heterocycles. The summed E-state index contributed by atoms with van der Waals surface area (Å²) in [5.74, 6) is 1.20. The first-order chi connectivity index (χ1) is 16.0. The van der Waals surface area contributed by atoms with Crippen LogP contribution in [0.25, 0.3) is 5.69 Å². The van der Waals surface area contributed by atoms with Gasteiger partial charge in [-0.1, -0.05) is 12.1 Å². The van der Waals surface area contributed by atoms with E-state index in [2.05, 4.69) is 20.4 Å². The first kappa shape index (κ1) is 22.4. The predicted molar refractivity (Wildman–Crippen MR) is 119 cm³/mol. The number of ether oxygens (including phenoxy) is 2. The fourth-order valence-corrected chi connectivity index (χ4v) is 3.72. The van der Waals surface area contributed by atoms with Crippen LogP contribution in [0.3, 0.4) is 0 Å². The van der Waals surface area contributed by atoms with Crippen molar-refractivity contribution in [2.45, 2.75) is 20.4 Å². The van der Waals surface area contributed by atoms with Gasteiger partial charge in [0.15, 0.2) is 5.82 Å². The summed E-state index contributed by atoms with van der Waals surface area (Å²) >= 11 is 0. The number of amides is 1. The monoisotopic (exact) mass is 450 g/mol. The number of carbonyl (C=O) groups excluding carboxylic acids is 2. The van der Waals surface area contributed by atoms with Gasteiger partial charge in [0.1, 0.15) is 11.5 Å². The number of aromatic nitrogens is 4. The number of hydrogen-bond acceptors (Lipinski definition) is 8. The van der Waals surface area contributed by atoms with Crippen molar-refractivity contribution in [3.05, 3.63) is 59.9 Å². The second-order valence-electron chi connectivity index (χ2n) is 7.59. The van der Waals surface area contributed by atoms with Gasteiger partial charge in [-0.3, -0.25) is 14.5 Å². The summed E-state index contributed by atoms with van der Waals surface area (Å²) in [6.07, 6.45) is 0. The van der Waals surface area contributed by atoms with Crippen molar-refractivity contribution < 1.29 is 19.1 Å². The maximum atomic E-state index is 13.0. The Morgan fingerprint density at radius 1 is 1.00 bits per heavy atom. The molecule has 2 aromatic carbocycles. The lowest BCUT2D eigenvalue weighted by molar-refractivity contribution is -0.131. The second kappa shape index (κ2) is 10.2. The minimum absolute atomic E-state index is 0.147. The van der Waals surface area contributed by atoms with Crippen LogP contribution in [0.15, 0.2) is 48.5 Å². The highest BCUT2D eigenvalue weighted by atomic mass is 16.5. The van der Waals surface area contributed by atoms with E-state index >= 15 is 0 Å². The highest BCUT2D eigenvalue weighted by Crippen LogP contribution is 2.21. The van der Waals surface area contributed by atoms with Gasteiger partial charge >= 0.3 is 5.97 Å². The molecule has 33 heavy (non-hydrogen) atoms. The minimum Gasteiger partial charge on any atom is -0.494 e. The third-order valence-electron chi connectivity index (χ3n) is 5.32. The number of tetrazole rings is 1. The maximum absolute atomic E-state index is 13.0. The Bertz CT molecular complexity index is 1110. The molecule has 1 fully saturated rings. The summed E-state index contributed by atoms with van der Waals surface area (Å²) in [6, 6.07) is 14.4. The van der Waals surface area contributed by atoms with E-state index in [-0.39, 0.29) is 11.7 Å². The SMILES string of the molecule is CCOc1ccc(-n2nnnc2CN2CCN(C(=O)c3ccccc3OC(C)=O)CC2)cc1. The van der Waals surface area contributed by atoms with Crippen LogP contribution in [0.1, 0.15) is 30.0 Å². The number of rotatable bonds is 7. The van der Waals surface area contributed by atoms with Gasteiger partial charge in [-0.25, -0.2) is 0 Å². The van der Waals surface area contributed by atoms with Crippen LogP contribution in [-0.4, -0.2) is 74.7 Å². The summed E-state index contributed by atoms with van der Waals surface area (Å²) < 4.78 is 12.4. The fourth-order valence-electron chi connectivity index (χ4n) is 3.72. The van der Waals surface area contributed by atoms with Crippen molar-refractivity contribution in [3.8, 4) is 17.2 Å². The zero-order valence-corrected chi connectivity index (χ0v) is 18.7. The smallest absolute Gasteiger partial charge is 0.308 e. The van der Waals surface area contributed by atoms with E-state index < -0.39 is 5.97 Å². The molecule has 1 saturated heterocycles. The molecular weight excluding hydrogens is 424 g/mol. The van der Waals surface area contributed by atoms with E-state index in [1.807, 2.05) is 31.2 Å². The van der Waals surface area contributed by atoms with Gasteiger partial charge in [0.05, 0.1) is 24.4 Å². The van der Waals surface area contributed by atoms with Crippen molar-refractivity contribution in [1.82, 2.24) is 30.0 Å². The Labute approximate surface area is 191 Å². The number of para-hydroxylation sites is 1. The topological polar surface area (TPSA) is 103 Å². The summed E-state index contributed by atoms with van der Waals surface area (Å²) in [7, 11) is 0. The molecule has 0 N–H and O–H groups in total. The number of esters is 1. The number of nitrogens with zero attached hydrogens (tertiary/aromatic N) is 6. The van der Waals surface area contributed by atoms with Crippen LogP contribution in [0.4, 0.5) is 0 Å². The van der Waals surface area contributed by atoms with Gasteiger partial charge in [0.2, 0.25) is 0 Å². The molecule has 0 bridgehead atoms. The molecule has 2 heterocycles. The van der Waals surface area contributed by atoms with Crippen LogP contribution in [0.2, 0.25) is 0 Å². The highest BCUT2D eigenvalue weighted by molar-refractivity contribution is 5.97. The van der Waals surface area contributed by atoms with Crippen LogP contribution < -0.4 is 9.47 Å². The zero-order chi connectivity index (χ0) is 23.2. The van der Waals surface area contributed by atoms with Gasteiger partial charge in [0.25, 0.3) is 5.91 Å². The Balaban J connectivity index is 1.38. The fraction of sp³-hybridized carbons (Fsp3) is 0.348. The molecule has 0 saturated carbocycles. The molecule has 172 valence electrons. The van der Waals surface area contributed by atoms with E-state index in [1.54, 1.807) is 33.8 Å². The average Bonchev–Trinajstić information content (AvgIpc) is 3.28. The first-order valence-corrected chi connectivity index (χ1v) is 10.8. The summed E-state index contributed by atoms with van der Waals surface area (Å²) in [4.78, 5) is 28.3. The van der Waals surface area contributed by atoms with Gasteiger partial charge in [-0.05, 0) is 53.7 Å². The minimum atomic E-state index is -0.453. The largest absolute Gasteiger partial charge is 0.494 e. The molecule has 0 atom stereocenters. The molecule has 10 heteroatoms. The second-order valence-corrected chi connectivity index (χ2v) is 7.59. The third kappa shape index (κ3) is 5.35.